The minimum atomic E-state index is -4.47. The van der Waals surface area contributed by atoms with Gasteiger partial charge in [-0.25, -0.2) is 4.39 Å². The van der Waals surface area contributed by atoms with Crippen LogP contribution < -0.4 is 5.32 Å². The number of alkyl halides is 4. The highest BCUT2D eigenvalue weighted by molar-refractivity contribution is 6.10. The van der Waals surface area contributed by atoms with E-state index in [0.717, 1.165) is 12.1 Å². The van der Waals surface area contributed by atoms with Gasteiger partial charge in [0.15, 0.2) is 5.78 Å². The van der Waals surface area contributed by atoms with Crippen molar-refractivity contribution in [2.45, 2.75) is 45.1 Å². The van der Waals surface area contributed by atoms with Crippen LogP contribution in [0.15, 0.2) is 42.6 Å². The maximum absolute atomic E-state index is 13.3. The summed E-state index contributed by atoms with van der Waals surface area (Å²) < 4.78 is 53.2. The van der Waals surface area contributed by atoms with Gasteiger partial charge in [-0.3, -0.25) is 19.3 Å². The van der Waals surface area contributed by atoms with Crippen molar-refractivity contribution in [3.63, 3.8) is 0 Å². The summed E-state index contributed by atoms with van der Waals surface area (Å²) in [5.41, 5.74) is 0.797. The number of ketones is 1. The van der Waals surface area contributed by atoms with Gasteiger partial charge in [0, 0.05) is 11.3 Å². The normalized spacial score (nSPS) is 18.2. The second-order valence-corrected chi connectivity index (χ2v) is 8.05. The van der Waals surface area contributed by atoms with Crippen molar-refractivity contribution in [3.05, 3.63) is 76.4 Å². The second kappa shape index (κ2) is 8.42. The lowest BCUT2D eigenvalue weighted by atomic mass is 9.84. The Kier molecular flexibility index (Phi) is 5.77. The molecule has 0 radical (unpaired) electrons. The number of amides is 1. The van der Waals surface area contributed by atoms with Crippen LogP contribution in [0.2, 0.25) is 0 Å². The van der Waals surface area contributed by atoms with Gasteiger partial charge in [0.25, 0.3) is 5.91 Å². The number of pyridine rings is 1. The van der Waals surface area contributed by atoms with E-state index in [0.29, 0.717) is 17.7 Å². The van der Waals surface area contributed by atoms with Crippen molar-refractivity contribution in [3.8, 4) is 0 Å². The molecule has 1 amide bonds. The average Bonchev–Trinajstić information content (AvgIpc) is 3.19. The predicted octanol–water partition coefficient (Wildman–Crippen LogP) is 5.26. The van der Waals surface area contributed by atoms with Crippen LogP contribution in [-0.2, 0) is 12.9 Å². The van der Waals surface area contributed by atoms with Gasteiger partial charge < -0.3 is 5.32 Å². The molecule has 6 nitrogen and oxygen atoms in total. The highest BCUT2D eigenvalue weighted by Gasteiger charge is 2.37. The van der Waals surface area contributed by atoms with E-state index in [1.54, 1.807) is 6.92 Å². The molecule has 3 aromatic rings. The number of aromatic nitrogens is 3. The molecule has 1 aliphatic heterocycles. The van der Waals surface area contributed by atoms with Gasteiger partial charge in [-0.2, -0.15) is 18.3 Å². The molecule has 4 rings (SSSR count). The van der Waals surface area contributed by atoms with Crippen LogP contribution in [0.4, 0.5) is 23.2 Å². The number of hydrogen-bond acceptors (Lipinski definition) is 4. The number of aryl methyl sites for hydroxylation is 1. The topological polar surface area (TPSA) is 76.9 Å². The molecular formula is C23H20F4N4O2. The highest BCUT2D eigenvalue weighted by Crippen LogP contribution is 2.39. The summed E-state index contributed by atoms with van der Waals surface area (Å²) in [6, 6.07) is 7.12. The summed E-state index contributed by atoms with van der Waals surface area (Å²) in [6.45, 7) is 2.65. The number of carbonyl (C=O) groups excluding carboxylic acids is 2. The Balaban J connectivity index is 1.63. The Morgan fingerprint density at radius 1 is 1.21 bits per heavy atom. The number of halogens is 4. The zero-order valence-corrected chi connectivity index (χ0v) is 17.8. The maximum Gasteiger partial charge on any atom is 0.416 e. The first-order chi connectivity index (χ1) is 15.6. The number of Topliss-reactive ketones (excluding diaryl/α,β-unsaturated/α-hetero) is 1. The van der Waals surface area contributed by atoms with Crippen LogP contribution in [0.25, 0.3) is 0 Å². The first-order valence-electron chi connectivity index (χ1n) is 10.2. The molecule has 0 aliphatic carbocycles. The van der Waals surface area contributed by atoms with Crippen LogP contribution in [0.1, 0.15) is 68.7 Å². The fourth-order valence-corrected chi connectivity index (χ4v) is 4.07. The summed E-state index contributed by atoms with van der Waals surface area (Å²) in [5, 5.41) is 6.88. The molecular weight excluding hydrogens is 440 g/mol. The maximum atomic E-state index is 13.3. The van der Waals surface area contributed by atoms with E-state index in [9.17, 15) is 27.2 Å². The molecule has 172 valence electrons. The fourth-order valence-electron chi connectivity index (χ4n) is 4.07. The van der Waals surface area contributed by atoms with Gasteiger partial charge in [0.1, 0.15) is 12.4 Å². The Labute approximate surface area is 186 Å². The summed E-state index contributed by atoms with van der Waals surface area (Å²) >= 11 is 0. The van der Waals surface area contributed by atoms with Crippen LogP contribution in [0.3, 0.4) is 0 Å². The number of carbonyl (C=O) groups is 2. The lowest BCUT2D eigenvalue weighted by Crippen LogP contribution is -2.29. The first-order valence-corrected chi connectivity index (χ1v) is 10.2. The van der Waals surface area contributed by atoms with Crippen LogP contribution in [0.5, 0.6) is 0 Å². The Bertz CT molecular complexity index is 1220. The number of fused-ring (bicyclic) bond motifs is 1. The molecule has 0 saturated heterocycles. The summed E-state index contributed by atoms with van der Waals surface area (Å²) in [6.07, 6.45) is -2.75. The predicted molar refractivity (Wildman–Crippen MR) is 112 cm³/mol. The van der Waals surface area contributed by atoms with Crippen molar-refractivity contribution in [2.24, 2.45) is 0 Å². The van der Waals surface area contributed by atoms with Gasteiger partial charge in [0.05, 0.1) is 35.1 Å². The minimum absolute atomic E-state index is 0.115. The molecule has 2 atom stereocenters. The number of anilines is 1. The summed E-state index contributed by atoms with van der Waals surface area (Å²) in [5.74, 6) is -1.58. The lowest BCUT2D eigenvalue weighted by Gasteiger charge is -2.28. The fraction of sp³-hybridized carbons (Fsp3) is 0.304. The molecule has 3 heterocycles. The summed E-state index contributed by atoms with van der Waals surface area (Å²) in [4.78, 5) is 30.1. The monoisotopic (exact) mass is 460 g/mol. The lowest BCUT2D eigenvalue weighted by molar-refractivity contribution is -0.137. The number of nitrogens with one attached hydrogen (secondary N) is 1. The van der Waals surface area contributed by atoms with Crippen LogP contribution in [0, 0.1) is 6.92 Å². The molecule has 1 unspecified atom stereocenters. The van der Waals surface area contributed by atoms with Gasteiger partial charge in [-0.15, -0.1) is 0 Å². The Morgan fingerprint density at radius 3 is 2.55 bits per heavy atom. The van der Waals surface area contributed by atoms with Gasteiger partial charge >= 0.3 is 6.18 Å². The number of nitrogens with zero attached hydrogens (tertiary/aromatic N) is 3. The van der Waals surface area contributed by atoms with Crippen LogP contribution in [-0.4, -0.2) is 26.5 Å². The molecule has 1 N–H and O–H groups in total. The van der Waals surface area contributed by atoms with Crippen molar-refractivity contribution < 1.29 is 27.2 Å². The van der Waals surface area contributed by atoms with Crippen LogP contribution >= 0.6 is 0 Å². The second-order valence-electron chi connectivity index (χ2n) is 8.05. The molecule has 0 saturated carbocycles. The zero-order valence-electron chi connectivity index (χ0n) is 17.8. The third-order valence-electron chi connectivity index (χ3n) is 5.63. The molecule has 33 heavy (non-hydrogen) atoms. The number of rotatable bonds is 4. The van der Waals surface area contributed by atoms with E-state index in [1.165, 1.54) is 35.1 Å². The van der Waals surface area contributed by atoms with E-state index in [2.05, 4.69) is 15.4 Å². The number of benzene rings is 1. The Morgan fingerprint density at radius 2 is 1.91 bits per heavy atom. The van der Waals surface area contributed by atoms with Gasteiger partial charge in [-0.05, 0) is 50.1 Å². The third kappa shape index (κ3) is 4.37. The summed E-state index contributed by atoms with van der Waals surface area (Å²) in [7, 11) is 0. The standard InChI is InChI=1S/C23H20F4N4O2/c1-12-7-15(9-17(10-24)29-12)22(33)30-19-11-28-31-13(2)8-18(21(32)20(19)31)14-3-5-16(6-4-14)23(25,26)27/h3-7,9,11,13,18H,8,10H2,1-2H3,(H,30,33)/t13-,18?/m0/s1. The van der Waals surface area contributed by atoms with Gasteiger partial charge in [0.2, 0.25) is 0 Å². The minimum Gasteiger partial charge on any atom is -0.319 e. The van der Waals surface area contributed by atoms with E-state index < -0.39 is 30.2 Å². The Hall–Kier alpha value is -3.56. The third-order valence-corrected chi connectivity index (χ3v) is 5.63. The largest absolute Gasteiger partial charge is 0.416 e. The zero-order chi connectivity index (χ0) is 23.9. The van der Waals surface area contributed by atoms with Crippen molar-refractivity contribution in [1.82, 2.24) is 14.8 Å². The van der Waals surface area contributed by atoms with E-state index >= 15 is 0 Å². The molecule has 10 heteroatoms. The molecule has 1 aliphatic rings. The molecule has 0 bridgehead atoms. The smallest absolute Gasteiger partial charge is 0.319 e. The molecule has 0 spiro atoms. The number of hydrogen-bond donors (Lipinski definition) is 1. The van der Waals surface area contributed by atoms with Gasteiger partial charge in [-0.1, -0.05) is 12.1 Å². The molecule has 1 aromatic carbocycles. The van der Waals surface area contributed by atoms with E-state index in [1.807, 2.05) is 6.92 Å². The van der Waals surface area contributed by atoms with E-state index in [-0.39, 0.29) is 34.5 Å². The van der Waals surface area contributed by atoms with Crippen molar-refractivity contribution in [1.29, 1.82) is 0 Å². The first kappa shape index (κ1) is 22.6. The van der Waals surface area contributed by atoms with Crippen molar-refractivity contribution in [2.75, 3.05) is 5.32 Å². The quantitative estimate of drug-likeness (QED) is 0.539. The SMILES string of the molecule is Cc1cc(C(=O)Nc2cnn3c2C(=O)C(c2ccc(C(F)(F)F)cc2)C[C@@H]3C)cc(CF)n1. The highest BCUT2D eigenvalue weighted by atomic mass is 19.4. The molecule has 2 aromatic heterocycles. The van der Waals surface area contributed by atoms with Crippen molar-refractivity contribution >= 4 is 17.4 Å². The molecule has 0 fully saturated rings. The average molecular weight is 460 g/mol. The van der Waals surface area contributed by atoms with E-state index in [4.69, 9.17) is 0 Å².